The standard InChI is InChI=1S/C15H23NO3/c1-4-11-8-9(2)7-10(3)13(11)14-12(17)5-6-16(19)15(14)18/h5-6,9-11,13,17,19H,4,7-8H2,1-3H3/t9-,10+,11-,13-/m0/s1. The van der Waals surface area contributed by atoms with Crippen molar-refractivity contribution in [2.24, 2.45) is 17.8 Å². The van der Waals surface area contributed by atoms with Gasteiger partial charge < -0.3 is 10.3 Å². The average Bonchev–Trinajstić information content (AvgIpc) is 2.36. The molecule has 4 nitrogen and oxygen atoms in total. The van der Waals surface area contributed by atoms with Gasteiger partial charge in [-0.05, 0) is 36.5 Å². The molecule has 0 aromatic carbocycles. The molecule has 1 aliphatic carbocycles. The molecular formula is C15H23NO3. The van der Waals surface area contributed by atoms with Crippen molar-refractivity contribution in [2.45, 2.75) is 46.0 Å². The number of hydrogen-bond acceptors (Lipinski definition) is 3. The van der Waals surface area contributed by atoms with Crippen LogP contribution in [0.1, 0.15) is 51.5 Å². The molecule has 2 rings (SSSR count). The van der Waals surface area contributed by atoms with Crippen LogP contribution in [0.4, 0.5) is 0 Å². The second-order valence-corrected chi connectivity index (χ2v) is 6.01. The first-order valence-electron chi connectivity index (χ1n) is 7.09. The molecule has 106 valence electrons. The van der Waals surface area contributed by atoms with Crippen molar-refractivity contribution in [2.75, 3.05) is 0 Å². The minimum absolute atomic E-state index is 0.0140. The first kappa shape index (κ1) is 14.0. The lowest BCUT2D eigenvalue weighted by atomic mass is 9.65. The van der Waals surface area contributed by atoms with Crippen molar-refractivity contribution in [1.29, 1.82) is 0 Å². The van der Waals surface area contributed by atoms with Gasteiger partial charge in [0.2, 0.25) is 0 Å². The normalized spacial score (nSPS) is 31.3. The Bertz CT molecular complexity index is 509. The first-order valence-corrected chi connectivity index (χ1v) is 7.09. The quantitative estimate of drug-likeness (QED) is 0.808. The fourth-order valence-corrected chi connectivity index (χ4v) is 3.79. The molecule has 1 aromatic heterocycles. The predicted octanol–water partition coefficient (Wildman–Crippen LogP) is 2.97. The van der Waals surface area contributed by atoms with E-state index in [1.54, 1.807) is 0 Å². The van der Waals surface area contributed by atoms with Crippen LogP contribution in [-0.4, -0.2) is 15.0 Å². The van der Waals surface area contributed by atoms with Gasteiger partial charge in [0.15, 0.2) is 0 Å². The topological polar surface area (TPSA) is 62.5 Å². The van der Waals surface area contributed by atoms with Crippen molar-refractivity contribution in [3.05, 3.63) is 28.2 Å². The predicted molar refractivity (Wildman–Crippen MR) is 73.6 cm³/mol. The van der Waals surface area contributed by atoms with Gasteiger partial charge in [-0.2, -0.15) is 4.73 Å². The summed E-state index contributed by atoms with van der Waals surface area (Å²) in [6, 6.07) is 1.40. The zero-order chi connectivity index (χ0) is 14.2. The number of aromatic hydroxyl groups is 1. The Morgan fingerprint density at radius 1 is 1.37 bits per heavy atom. The Hall–Kier alpha value is -1.45. The molecule has 0 aliphatic heterocycles. The van der Waals surface area contributed by atoms with Crippen LogP contribution in [0.2, 0.25) is 0 Å². The highest BCUT2D eigenvalue weighted by Crippen LogP contribution is 2.46. The van der Waals surface area contributed by atoms with E-state index >= 15 is 0 Å². The SMILES string of the molecule is CC[C@H]1C[C@@H](C)C[C@@H](C)[C@@H]1c1c(O)ccn(O)c1=O. The van der Waals surface area contributed by atoms with Gasteiger partial charge >= 0.3 is 0 Å². The molecule has 1 aliphatic rings. The molecule has 0 bridgehead atoms. The molecule has 1 aromatic rings. The summed E-state index contributed by atoms with van der Waals surface area (Å²) in [6.45, 7) is 6.50. The molecule has 1 heterocycles. The fourth-order valence-electron chi connectivity index (χ4n) is 3.79. The smallest absolute Gasteiger partial charge is 0.290 e. The Kier molecular flexibility index (Phi) is 3.88. The second kappa shape index (κ2) is 5.27. The molecule has 4 heteroatoms. The Labute approximate surface area is 113 Å². The zero-order valence-corrected chi connectivity index (χ0v) is 11.8. The van der Waals surface area contributed by atoms with Gasteiger partial charge in [-0.15, -0.1) is 0 Å². The third kappa shape index (κ3) is 2.48. The van der Waals surface area contributed by atoms with Crippen LogP contribution in [0.5, 0.6) is 5.75 Å². The van der Waals surface area contributed by atoms with Crippen molar-refractivity contribution >= 4 is 0 Å². The van der Waals surface area contributed by atoms with E-state index in [1.807, 2.05) is 0 Å². The van der Waals surface area contributed by atoms with Gasteiger partial charge in [-0.25, -0.2) is 0 Å². The summed E-state index contributed by atoms with van der Waals surface area (Å²) >= 11 is 0. The van der Waals surface area contributed by atoms with E-state index in [0.717, 1.165) is 19.3 Å². The molecule has 2 N–H and O–H groups in total. The van der Waals surface area contributed by atoms with E-state index in [4.69, 9.17) is 0 Å². The molecule has 0 spiro atoms. The summed E-state index contributed by atoms with van der Waals surface area (Å²) in [4.78, 5) is 12.1. The van der Waals surface area contributed by atoms with Crippen LogP contribution in [0.25, 0.3) is 0 Å². The molecule has 0 radical (unpaired) electrons. The summed E-state index contributed by atoms with van der Waals surface area (Å²) in [7, 11) is 0. The van der Waals surface area contributed by atoms with Gasteiger partial charge in [0.05, 0.1) is 11.8 Å². The lowest BCUT2D eigenvalue weighted by molar-refractivity contribution is 0.153. The maximum atomic E-state index is 12.1. The fraction of sp³-hybridized carbons (Fsp3) is 0.667. The minimum atomic E-state index is -0.482. The molecule has 1 saturated carbocycles. The van der Waals surface area contributed by atoms with Crippen LogP contribution in [-0.2, 0) is 0 Å². The average molecular weight is 265 g/mol. The van der Waals surface area contributed by atoms with Crippen LogP contribution < -0.4 is 5.56 Å². The van der Waals surface area contributed by atoms with E-state index in [-0.39, 0.29) is 11.7 Å². The molecule has 0 amide bonds. The van der Waals surface area contributed by atoms with Crippen molar-refractivity contribution < 1.29 is 10.3 Å². The van der Waals surface area contributed by atoms with Gasteiger partial charge in [0.25, 0.3) is 5.56 Å². The van der Waals surface area contributed by atoms with Crippen molar-refractivity contribution in [3.63, 3.8) is 0 Å². The monoisotopic (exact) mass is 265 g/mol. The van der Waals surface area contributed by atoms with E-state index in [9.17, 15) is 15.1 Å². The maximum absolute atomic E-state index is 12.1. The van der Waals surface area contributed by atoms with Crippen LogP contribution >= 0.6 is 0 Å². The Morgan fingerprint density at radius 3 is 2.68 bits per heavy atom. The van der Waals surface area contributed by atoms with E-state index in [1.165, 1.54) is 12.3 Å². The second-order valence-electron chi connectivity index (χ2n) is 6.01. The lowest BCUT2D eigenvalue weighted by Gasteiger charge is -2.39. The Morgan fingerprint density at radius 2 is 2.05 bits per heavy atom. The van der Waals surface area contributed by atoms with E-state index in [2.05, 4.69) is 20.8 Å². The van der Waals surface area contributed by atoms with Gasteiger partial charge in [0.1, 0.15) is 5.75 Å². The molecule has 0 unspecified atom stereocenters. The number of rotatable bonds is 2. The molecule has 0 saturated heterocycles. The van der Waals surface area contributed by atoms with E-state index in [0.29, 0.717) is 28.0 Å². The summed E-state index contributed by atoms with van der Waals surface area (Å²) < 4.78 is 0.576. The number of nitrogens with zero attached hydrogens (tertiary/aromatic N) is 1. The van der Waals surface area contributed by atoms with E-state index < -0.39 is 5.56 Å². The third-order valence-corrected chi connectivity index (χ3v) is 4.55. The summed E-state index contributed by atoms with van der Waals surface area (Å²) in [6.07, 6.45) is 4.31. The van der Waals surface area contributed by atoms with Gasteiger partial charge in [-0.1, -0.05) is 27.2 Å². The number of pyridine rings is 1. The highest BCUT2D eigenvalue weighted by Gasteiger charge is 2.37. The minimum Gasteiger partial charge on any atom is -0.507 e. The van der Waals surface area contributed by atoms with Crippen molar-refractivity contribution in [3.8, 4) is 5.75 Å². The highest BCUT2D eigenvalue weighted by molar-refractivity contribution is 5.33. The largest absolute Gasteiger partial charge is 0.507 e. The summed E-state index contributed by atoms with van der Waals surface area (Å²) in [5, 5.41) is 19.6. The summed E-state index contributed by atoms with van der Waals surface area (Å²) in [5.41, 5.74) is -0.0962. The van der Waals surface area contributed by atoms with Crippen LogP contribution in [0.3, 0.4) is 0 Å². The third-order valence-electron chi connectivity index (χ3n) is 4.55. The molecule has 1 fully saturated rings. The first-order chi connectivity index (χ1) is 8.95. The lowest BCUT2D eigenvalue weighted by Crippen LogP contribution is -2.34. The molecule has 19 heavy (non-hydrogen) atoms. The van der Waals surface area contributed by atoms with Gasteiger partial charge in [0, 0.05) is 6.07 Å². The van der Waals surface area contributed by atoms with Crippen LogP contribution in [0, 0.1) is 17.8 Å². The maximum Gasteiger partial charge on any atom is 0.290 e. The molecule has 4 atom stereocenters. The van der Waals surface area contributed by atoms with Crippen LogP contribution in [0.15, 0.2) is 17.1 Å². The zero-order valence-electron chi connectivity index (χ0n) is 11.8. The molecular weight excluding hydrogens is 242 g/mol. The van der Waals surface area contributed by atoms with Crippen molar-refractivity contribution in [1.82, 2.24) is 4.73 Å². The number of aromatic nitrogens is 1. The number of hydrogen-bond donors (Lipinski definition) is 2. The highest BCUT2D eigenvalue weighted by atomic mass is 16.5. The van der Waals surface area contributed by atoms with Gasteiger partial charge in [-0.3, -0.25) is 4.79 Å². The summed E-state index contributed by atoms with van der Waals surface area (Å²) in [5.74, 6) is 1.43. The Balaban J connectivity index is 2.50.